The van der Waals surface area contributed by atoms with Crippen LogP contribution >= 0.6 is 0 Å². The molecule has 6 heteroatoms. The highest BCUT2D eigenvalue weighted by Gasteiger charge is 2.33. The minimum atomic E-state index is 0.561. The van der Waals surface area contributed by atoms with Gasteiger partial charge in [-0.05, 0) is 18.4 Å². The van der Waals surface area contributed by atoms with Crippen molar-refractivity contribution >= 4 is 5.96 Å². The zero-order valence-electron chi connectivity index (χ0n) is 15.3. The Balaban J connectivity index is 1.46. The van der Waals surface area contributed by atoms with Crippen molar-refractivity contribution < 1.29 is 9.47 Å². The summed E-state index contributed by atoms with van der Waals surface area (Å²) in [6.45, 7) is 8.23. The highest BCUT2D eigenvalue weighted by molar-refractivity contribution is 5.80. The topological polar surface area (TPSA) is 58.1 Å². The first-order valence-electron chi connectivity index (χ1n) is 9.24. The fourth-order valence-electron chi connectivity index (χ4n) is 2.97. The van der Waals surface area contributed by atoms with Gasteiger partial charge in [0.05, 0.1) is 13.2 Å². The zero-order chi connectivity index (χ0) is 17.5. The van der Waals surface area contributed by atoms with Gasteiger partial charge in [-0.3, -0.25) is 9.89 Å². The summed E-state index contributed by atoms with van der Waals surface area (Å²) in [5.41, 5.74) is 1.15. The van der Waals surface area contributed by atoms with E-state index in [1.54, 1.807) is 0 Å². The van der Waals surface area contributed by atoms with E-state index in [2.05, 4.69) is 33.5 Å². The highest BCUT2D eigenvalue weighted by Crippen LogP contribution is 2.28. The van der Waals surface area contributed by atoms with Gasteiger partial charge in [0, 0.05) is 44.8 Å². The molecule has 1 aliphatic carbocycles. The third-order valence-corrected chi connectivity index (χ3v) is 4.84. The molecule has 25 heavy (non-hydrogen) atoms. The lowest BCUT2D eigenvalue weighted by atomic mass is 10.2. The minimum Gasteiger partial charge on any atom is -0.492 e. The van der Waals surface area contributed by atoms with Gasteiger partial charge in [-0.15, -0.1) is 0 Å². The van der Waals surface area contributed by atoms with Gasteiger partial charge in [0.15, 0.2) is 5.96 Å². The summed E-state index contributed by atoms with van der Waals surface area (Å²) < 4.78 is 11.4. The second-order valence-electron chi connectivity index (χ2n) is 6.80. The van der Waals surface area contributed by atoms with E-state index in [4.69, 9.17) is 9.47 Å². The molecule has 1 heterocycles. The molecule has 0 aromatic heterocycles. The first-order chi connectivity index (χ1) is 12.3. The Kier molecular flexibility index (Phi) is 6.53. The van der Waals surface area contributed by atoms with Crippen LogP contribution in [0.1, 0.15) is 18.9 Å². The Morgan fingerprint density at radius 2 is 2.08 bits per heavy atom. The van der Waals surface area contributed by atoms with E-state index in [-0.39, 0.29) is 0 Å². The number of rotatable bonds is 7. The molecule has 2 unspecified atom stereocenters. The lowest BCUT2D eigenvalue weighted by Gasteiger charge is -2.26. The van der Waals surface area contributed by atoms with Crippen molar-refractivity contribution in [3.63, 3.8) is 0 Å². The fourth-order valence-corrected chi connectivity index (χ4v) is 2.97. The van der Waals surface area contributed by atoms with Crippen molar-refractivity contribution in [3.8, 4) is 5.75 Å². The maximum atomic E-state index is 6.03. The lowest BCUT2D eigenvalue weighted by molar-refractivity contribution is 0.0322. The van der Waals surface area contributed by atoms with Crippen LogP contribution in [0.2, 0.25) is 0 Å². The summed E-state index contributed by atoms with van der Waals surface area (Å²) in [7, 11) is 1.81. The number of nitrogens with zero attached hydrogens (tertiary/aromatic N) is 2. The van der Waals surface area contributed by atoms with E-state index in [9.17, 15) is 0 Å². The van der Waals surface area contributed by atoms with Crippen molar-refractivity contribution in [1.82, 2.24) is 15.5 Å². The number of morpholine rings is 1. The number of aliphatic imine (C=N–C) groups is 1. The molecule has 1 saturated carbocycles. The van der Waals surface area contributed by atoms with Crippen molar-refractivity contribution in [2.75, 3.05) is 46.5 Å². The molecule has 1 aliphatic heterocycles. The van der Waals surface area contributed by atoms with Gasteiger partial charge >= 0.3 is 0 Å². The first-order valence-corrected chi connectivity index (χ1v) is 9.24. The predicted octanol–water partition coefficient (Wildman–Crippen LogP) is 1.47. The lowest BCUT2D eigenvalue weighted by Crippen LogP contribution is -2.39. The molecular formula is C19H30N4O2. The molecule has 3 rings (SSSR count). The van der Waals surface area contributed by atoms with Crippen LogP contribution in [0.25, 0.3) is 0 Å². The Morgan fingerprint density at radius 3 is 2.80 bits per heavy atom. The largest absolute Gasteiger partial charge is 0.492 e. The van der Waals surface area contributed by atoms with E-state index < -0.39 is 0 Å². The Labute approximate surface area is 150 Å². The van der Waals surface area contributed by atoms with E-state index in [0.29, 0.717) is 19.2 Å². The number of nitrogens with one attached hydrogen (secondary N) is 2. The Bertz CT molecular complexity index is 572. The van der Waals surface area contributed by atoms with Crippen LogP contribution in [0.5, 0.6) is 5.75 Å². The third-order valence-electron chi connectivity index (χ3n) is 4.84. The molecule has 1 aromatic rings. The number of hydrogen-bond acceptors (Lipinski definition) is 4. The number of guanidine groups is 1. The molecule has 2 fully saturated rings. The summed E-state index contributed by atoms with van der Waals surface area (Å²) in [6, 6.07) is 8.77. The Morgan fingerprint density at radius 1 is 1.32 bits per heavy atom. The molecule has 0 amide bonds. The highest BCUT2D eigenvalue weighted by atomic mass is 16.5. The molecule has 2 aliphatic rings. The summed E-state index contributed by atoms with van der Waals surface area (Å²) in [6.07, 6.45) is 1.22. The fraction of sp³-hybridized carbons (Fsp3) is 0.632. The van der Waals surface area contributed by atoms with Gasteiger partial charge in [-0.2, -0.15) is 0 Å². The van der Waals surface area contributed by atoms with E-state index >= 15 is 0 Å². The summed E-state index contributed by atoms with van der Waals surface area (Å²) in [4.78, 5) is 6.69. The minimum absolute atomic E-state index is 0.561. The molecule has 0 bridgehead atoms. The average molecular weight is 346 g/mol. The smallest absolute Gasteiger partial charge is 0.191 e. The van der Waals surface area contributed by atoms with Gasteiger partial charge in [0.2, 0.25) is 0 Å². The molecule has 1 saturated heterocycles. The second-order valence-corrected chi connectivity index (χ2v) is 6.80. The summed E-state index contributed by atoms with van der Waals surface area (Å²) in [5, 5.41) is 6.84. The van der Waals surface area contributed by atoms with Crippen molar-refractivity contribution in [2.45, 2.75) is 25.9 Å². The molecular weight excluding hydrogens is 316 g/mol. The molecule has 6 nitrogen and oxygen atoms in total. The second kappa shape index (κ2) is 9.06. The third kappa shape index (κ3) is 5.61. The van der Waals surface area contributed by atoms with Gasteiger partial charge in [0.25, 0.3) is 0 Å². The van der Waals surface area contributed by atoms with Crippen LogP contribution < -0.4 is 15.4 Å². The Hall–Kier alpha value is -1.79. The van der Waals surface area contributed by atoms with Gasteiger partial charge in [-0.25, -0.2) is 0 Å². The van der Waals surface area contributed by atoms with Gasteiger partial charge < -0.3 is 20.1 Å². The summed E-state index contributed by atoms with van der Waals surface area (Å²) >= 11 is 0. The van der Waals surface area contributed by atoms with Gasteiger partial charge in [0.1, 0.15) is 12.4 Å². The average Bonchev–Trinajstić information content (AvgIpc) is 3.35. The van der Waals surface area contributed by atoms with Crippen molar-refractivity contribution in [3.05, 3.63) is 29.8 Å². The maximum Gasteiger partial charge on any atom is 0.191 e. The van der Waals surface area contributed by atoms with Crippen molar-refractivity contribution in [1.29, 1.82) is 0 Å². The quantitative estimate of drug-likeness (QED) is 0.578. The number of benzene rings is 1. The van der Waals surface area contributed by atoms with Crippen LogP contribution in [-0.4, -0.2) is 63.4 Å². The van der Waals surface area contributed by atoms with Crippen LogP contribution in [0, 0.1) is 5.92 Å². The maximum absolute atomic E-state index is 6.03. The standard InChI is InChI=1S/C19H30N4O2/c1-15-13-17(15)22-19(20-2)21-14-16-5-3-4-6-18(16)25-12-9-23-7-10-24-11-8-23/h3-6,15,17H,7-14H2,1-2H3,(H2,20,21,22). The van der Waals surface area contributed by atoms with Crippen LogP contribution in [0.3, 0.4) is 0 Å². The zero-order valence-corrected chi connectivity index (χ0v) is 15.3. The van der Waals surface area contributed by atoms with Crippen LogP contribution in [0.15, 0.2) is 29.3 Å². The normalized spacial score (nSPS) is 24.0. The molecule has 1 aromatic carbocycles. The van der Waals surface area contributed by atoms with E-state index in [1.165, 1.54) is 6.42 Å². The SMILES string of the molecule is CN=C(NCc1ccccc1OCCN1CCOCC1)NC1CC1C. The van der Waals surface area contributed by atoms with E-state index in [1.807, 2.05) is 25.2 Å². The number of hydrogen-bond donors (Lipinski definition) is 2. The molecule has 2 atom stereocenters. The van der Waals surface area contributed by atoms with Crippen LogP contribution in [0.4, 0.5) is 0 Å². The molecule has 0 radical (unpaired) electrons. The first kappa shape index (κ1) is 18.0. The number of para-hydroxylation sites is 1. The molecule has 0 spiro atoms. The predicted molar refractivity (Wildman–Crippen MR) is 100 cm³/mol. The van der Waals surface area contributed by atoms with E-state index in [0.717, 1.165) is 56.0 Å². The van der Waals surface area contributed by atoms with Crippen LogP contribution in [-0.2, 0) is 11.3 Å². The number of ether oxygens (including phenoxy) is 2. The summed E-state index contributed by atoms with van der Waals surface area (Å²) in [5.74, 6) is 2.55. The van der Waals surface area contributed by atoms with Crippen molar-refractivity contribution in [2.24, 2.45) is 10.9 Å². The monoisotopic (exact) mass is 346 g/mol. The molecule has 138 valence electrons. The molecule has 2 N–H and O–H groups in total. The van der Waals surface area contributed by atoms with Gasteiger partial charge in [-0.1, -0.05) is 25.1 Å².